The van der Waals surface area contributed by atoms with Crippen LogP contribution in [-0.4, -0.2) is 35.7 Å². The molecule has 3 aromatic rings. The molecule has 0 aliphatic carbocycles. The lowest BCUT2D eigenvalue weighted by Gasteiger charge is -2.17. The largest absolute Gasteiger partial charge is 0.445 e. The van der Waals surface area contributed by atoms with Crippen molar-refractivity contribution < 1.29 is 33.5 Å². The summed E-state index contributed by atoms with van der Waals surface area (Å²) >= 11 is 0. The van der Waals surface area contributed by atoms with Gasteiger partial charge in [-0.1, -0.05) is 60.7 Å². The predicted octanol–water partition coefficient (Wildman–Crippen LogP) is 4.89. The van der Waals surface area contributed by atoms with Gasteiger partial charge >= 0.3 is 18.2 Å². The molecule has 204 valence electrons. The van der Waals surface area contributed by atoms with Crippen molar-refractivity contribution in [3.05, 3.63) is 106 Å². The summed E-state index contributed by atoms with van der Waals surface area (Å²) in [5.41, 5.74) is 1.50. The van der Waals surface area contributed by atoms with Gasteiger partial charge in [-0.25, -0.2) is 14.4 Å². The maximum absolute atomic E-state index is 12.8. The van der Waals surface area contributed by atoms with E-state index in [1.54, 1.807) is 12.1 Å². The number of nitrogens with zero attached hydrogens (tertiary/aromatic N) is 1. The summed E-state index contributed by atoms with van der Waals surface area (Å²) in [6.07, 6.45) is -0.198. The lowest BCUT2D eigenvalue weighted by Crippen LogP contribution is -2.43. The van der Waals surface area contributed by atoms with Crippen LogP contribution in [0.1, 0.15) is 30.4 Å². The van der Waals surface area contributed by atoms with Crippen molar-refractivity contribution in [1.29, 1.82) is 0 Å². The van der Waals surface area contributed by atoms with Crippen LogP contribution in [0, 0.1) is 10.1 Å². The quantitative estimate of drug-likeness (QED) is 0.103. The van der Waals surface area contributed by atoms with Crippen molar-refractivity contribution in [2.75, 3.05) is 6.54 Å². The highest BCUT2D eigenvalue weighted by Gasteiger charge is 2.24. The number of unbranched alkanes of at least 4 members (excludes halogenated alkanes) is 1. The predicted molar refractivity (Wildman–Crippen MR) is 141 cm³/mol. The first-order valence-electron chi connectivity index (χ1n) is 12.3. The summed E-state index contributed by atoms with van der Waals surface area (Å²) in [6, 6.07) is 22.3. The Morgan fingerprint density at radius 1 is 0.769 bits per heavy atom. The third-order valence-electron chi connectivity index (χ3n) is 5.46. The summed E-state index contributed by atoms with van der Waals surface area (Å²) in [5.74, 6) is -0.659. The lowest BCUT2D eigenvalue weighted by atomic mass is 10.1. The van der Waals surface area contributed by atoms with Crippen molar-refractivity contribution in [2.45, 2.75) is 38.5 Å². The van der Waals surface area contributed by atoms with Crippen molar-refractivity contribution in [1.82, 2.24) is 10.6 Å². The van der Waals surface area contributed by atoms with Gasteiger partial charge in [0.15, 0.2) is 0 Å². The molecule has 39 heavy (non-hydrogen) atoms. The molecule has 1 atom stereocenters. The van der Waals surface area contributed by atoms with Gasteiger partial charge in [-0.2, -0.15) is 0 Å². The molecule has 3 rings (SSSR count). The fourth-order valence-corrected chi connectivity index (χ4v) is 3.42. The molecule has 0 aliphatic rings. The molecule has 0 radical (unpaired) electrons. The summed E-state index contributed by atoms with van der Waals surface area (Å²) in [7, 11) is 0. The zero-order chi connectivity index (χ0) is 27.9. The number of esters is 1. The molecule has 0 saturated carbocycles. The number of alkyl carbamates (subject to hydrolysis) is 2. The first-order valence-corrected chi connectivity index (χ1v) is 12.3. The molecule has 0 aliphatic heterocycles. The van der Waals surface area contributed by atoms with Gasteiger partial charge in [-0.3, -0.25) is 10.1 Å². The van der Waals surface area contributed by atoms with E-state index in [1.165, 1.54) is 24.3 Å². The van der Waals surface area contributed by atoms with Crippen LogP contribution in [0.2, 0.25) is 0 Å². The van der Waals surface area contributed by atoms with Gasteiger partial charge in [0.25, 0.3) is 5.69 Å². The Labute approximate surface area is 225 Å². The highest BCUT2D eigenvalue weighted by atomic mass is 16.6. The average Bonchev–Trinajstić information content (AvgIpc) is 2.95. The Kier molecular flexibility index (Phi) is 11.3. The Hall–Kier alpha value is -4.93. The number of nitro groups is 1. The minimum Gasteiger partial charge on any atom is -0.445 e. The number of hydrogen-bond acceptors (Lipinski definition) is 8. The highest BCUT2D eigenvalue weighted by molar-refractivity contribution is 5.83. The van der Waals surface area contributed by atoms with E-state index < -0.39 is 29.1 Å². The standard InChI is InChI=1S/C28H29N3O8/c32-26(39-24-16-14-23(15-17-24)31(35)36)25(30-28(34)38-20-22-11-5-2-6-12-22)13-7-8-18-29-27(33)37-19-21-9-3-1-4-10-21/h1-6,9-12,14-17,25H,7-8,13,18-20H2,(H,29,33)(H,30,34). The molecule has 0 aromatic heterocycles. The Bertz CT molecular complexity index is 1220. The van der Waals surface area contributed by atoms with Gasteiger partial charge in [0.1, 0.15) is 25.0 Å². The number of carbonyl (C=O) groups is 3. The minimum absolute atomic E-state index is 0.0196. The molecule has 1 unspecified atom stereocenters. The van der Waals surface area contributed by atoms with Crippen LogP contribution in [0.15, 0.2) is 84.9 Å². The van der Waals surface area contributed by atoms with Crippen LogP contribution in [0.25, 0.3) is 0 Å². The summed E-state index contributed by atoms with van der Waals surface area (Å²) in [6.45, 7) is 0.472. The van der Waals surface area contributed by atoms with Crippen LogP contribution >= 0.6 is 0 Å². The molecule has 0 bridgehead atoms. The number of amides is 2. The van der Waals surface area contributed by atoms with Crippen molar-refractivity contribution in [3.8, 4) is 5.75 Å². The number of hydrogen-bond donors (Lipinski definition) is 2. The third kappa shape index (κ3) is 10.5. The van der Waals surface area contributed by atoms with Gasteiger partial charge < -0.3 is 24.8 Å². The Morgan fingerprint density at radius 2 is 1.33 bits per heavy atom. The molecule has 0 spiro atoms. The Morgan fingerprint density at radius 3 is 1.90 bits per heavy atom. The zero-order valence-electron chi connectivity index (χ0n) is 21.1. The summed E-state index contributed by atoms with van der Waals surface area (Å²) in [5, 5.41) is 16.0. The minimum atomic E-state index is -1.05. The maximum Gasteiger partial charge on any atom is 0.408 e. The number of non-ortho nitro benzene ring substituents is 1. The van der Waals surface area contributed by atoms with E-state index in [2.05, 4.69) is 10.6 Å². The SMILES string of the molecule is O=C(NCCCCC(NC(=O)OCc1ccccc1)C(=O)Oc1ccc([N+](=O)[O-])cc1)OCc1ccccc1. The van der Waals surface area contributed by atoms with E-state index in [-0.39, 0.29) is 31.1 Å². The topological polar surface area (TPSA) is 146 Å². The monoisotopic (exact) mass is 535 g/mol. The second-order valence-corrected chi connectivity index (χ2v) is 8.42. The normalized spacial score (nSPS) is 11.1. The van der Waals surface area contributed by atoms with E-state index in [0.717, 1.165) is 11.1 Å². The third-order valence-corrected chi connectivity index (χ3v) is 5.46. The van der Waals surface area contributed by atoms with Crippen LogP contribution in [0.5, 0.6) is 5.75 Å². The molecule has 2 N–H and O–H groups in total. The number of ether oxygens (including phenoxy) is 3. The number of nitro benzene ring substituents is 1. The molecule has 0 heterocycles. The van der Waals surface area contributed by atoms with Gasteiger partial charge in [0.05, 0.1) is 4.92 Å². The molecular weight excluding hydrogens is 506 g/mol. The van der Waals surface area contributed by atoms with Gasteiger partial charge in [0.2, 0.25) is 0 Å². The molecule has 3 aromatic carbocycles. The van der Waals surface area contributed by atoms with Gasteiger partial charge in [-0.15, -0.1) is 0 Å². The van der Waals surface area contributed by atoms with Crippen molar-refractivity contribution in [2.24, 2.45) is 0 Å². The lowest BCUT2D eigenvalue weighted by molar-refractivity contribution is -0.384. The number of benzene rings is 3. The van der Waals surface area contributed by atoms with E-state index in [9.17, 15) is 24.5 Å². The second-order valence-electron chi connectivity index (χ2n) is 8.42. The summed E-state index contributed by atoms with van der Waals surface area (Å²) < 4.78 is 15.7. The molecule has 2 amide bonds. The van der Waals surface area contributed by atoms with E-state index in [0.29, 0.717) is 19.4 Å². The number of nitrogens with one attached hydrogen (secondary N) is 2. The van der Waals surface area contributed by atoms with Crippen molar-refractivity contribution in [3.63, 3.8) is 0 Å². The fraction of sp³-hybridized carbons (Fsp3) is 0.250. The summed E-state index contributed by atoms with van der Waals surface area (Å²) in [4.78, 5) is 47.4. The van der Waals surface area contributed by atoms with Gasteiger partial charge in [0, 0.05) is 18.7 Å². The first-order chi connectivity index (χ1) is 18.9. The number of carbonyl (C=O) groups excluding carboxylic acids is 3. The maximum atomic E-state index is 12.8. The zero-order valence-corrected chi connectivity index (χ0v) is 21.1. The van der Waals surface area contributed by atoms with Crippen LogP contribution < -0.4 is 15.4 Å². The number of rotatable bonds is 13. The highest BCUT2D eigenvalue weighted by Crippen LogP contribution is 2.18. The first kappa shape index (κ1) is 28.6. The van der Waals surface area contributed by atoms with Crippen LogP contribution in [0.4, 0.5) is 15.3 Å². The Balaban J connectivity index is 1.48. The van der Waals surface area contributed by atoms with Crippen molar-refractivity contribution >= 4 is 23.8 Å². The molecule has 11 nitrogen and oxygen atoms in total. The van der Waals surface area contributed by atoms with Crippen LogP contribution in [-0.2, 0) is 27.5 Å². The fourth-order valence-electron chi connectivity index (χ4n) is 3.42. The smallest absolute Gasteiger partial charge is 0.408 e. The molecule has 0 fully saturated rings. The second kappa shape index (κ2) is 15.4. The van der Waals surface area contributed by atoms with E-state index >= 15 is 0 Å². The van der Waals surface area contributed by atoms with Gasteiger partial charge in [-0.05, 0) is 42.5 Å². The molecular formula is C28H29N3O8. The molecule has 11 heteroatoms. The van der Waals surface area contributed by atoms with E-state index in [4.69, 9.17) is 14.2 Å². The van der Waals surface area contributed by atoms with Crippen LogP contribution in [0.3, 0.4) is 0 Å². The van der Waals surface area contributed by atoms with E-state index in [1.807, 2.05) is 48.5 Å². The average molecular weight is 536 g/mol. The molecule has 0 saturated heterocycles.